The summed E-state index contributed by atoms with van der Waals surface area (Å²) in [4.78, 5) is 0. The molecule has 2 rings (SSSR count). The van der Waals surface area contributed by atoms with Gasteiger partial charge in [0.2, 0.25) is 0 Å². The second-order valence-electron chi connectivity index (χ2n) is 4.71. The van der Waals surface area contributed by atoms with Gasteiger partial charge in [-0.25, -0.2) is 0 Å². The Morgan fingerprint density at radius 3 is 2.50 bits per heavy atom. The molecule has 0 aromatic heterocycles. The normalized spacial score (nSPS) is 10.7. The summed E-state index contributed by atoms with van der Waals surface area (Å²) in [5.74, 6) is 0.893. The third-order valence-electron chi connectivity index (χ3n) is 2.89. The highest BCUT2D eigenvalue weighted by Gasteiger charge is 2.06. The molecule has 18 heavy (non-hydrogen) atoms. The number of hydrogen-bond acceptors (Lipinski definition) is 2. The Morgan fingerprint density at radius 1 is 1.06 bits per heavy atom. The molecule has 0 aliphatic heterocycles. The number of ether oxygens (including phenoxy) is 1. The van der Waals surface area contributed by atoms with Gasteiger partial charge in [0.25, 0.3) is 0 Å². The van der Waals surface area contributed by atoms with Crippen molar-refractivity contribution in [3.63, 3.8) is 0 Å². The molecule has 0 heterocycles. The molecule has 0 atom stereocenters. The monoisotopic (exact) mass is 241 g/mol. The number of benzene rings is 2. The molecule has 0 unspecified atom stereocenters. The molecule has 2 N–H and O–H groups in total. The van der Waals surface area contributed by atoms with Gasteiger partial charge in [-0.3, -0.25) is 0 Å². The zero-order valence-corrected chi connectivity index (χ0v) is 11.1. The fourth-order valence-corrected chi connectivity index (χ4v) is 1.98. The fourth-order valence-electron chi connectivity index (χ4n) is 1.98. The van der Waals surface area contributed by atoms with Gasteiger partial charge in [-0.1, -0.05) is 24.3 Å². The maximum absolute atomic E-state index is 5.95. The molecule has 0 bridgehead atoms. The Labute approximate surface area is 108 Å². The number of anilines is 1. The van der Waals surface area contributed by atoms with Gasteiger partial charge in [-0.2, -0.15) is 0 Å². The average molecular weight is 241 g/mol. The highest BCUT2D eigenvalue weighted by atomic mass is 16.5. The number of nitrogens with two attached hydrogens (primary N) is 1. The summed E-state index contributed by atoms with van der Waals surface area (Å²) in [6.45, 7) is 6.09. The van der Waals surface area contributed by atoms with Crippen LogP contribution in [0.25, 0.3) is 11.1 Å². The predicted octanol–water partition coefficient (Wildman–Crippen LogP) is 4.03. The lowest BCUT2D eigenvalue weighted by Crippen LogP contribution is -2.05. The lowest BCUT2D eigenvalue weighted by Gasteiger charge is -2.12. The first-order valence-electron chi connectivity index (χ1n) is 6.20. The van der Waals surface area contributed by atoms with Gasteiger partial charge in [-0.15, -0.1) is 0 Å². The van der Waals surface area contributed by atoms with Crippen LogP contribution in [0.2, 0.25) is 0 Å². The van der Waals surface area contributed by atoms with E-state index < -0.39 is 0 Å². The number of hydrogen-bond donors (Lipinski definition) is 1. The summed E-state index contributed by atoms with van der Waals surface area (Å²) in [6.07, 6.45) is 0.183. The molecule has 0 amide bonds. The highest BCUT2D eigenvalue weighted by Crippen LogP contribution is 2.29. The molecule has 2 nitrogen and oxygen atoms in total. The van der Waals surface area contributed by atoms with E-state index in [9.17, 15) is 0 Å². The lowest BCUT2D eigenvalue weighted by atomic mass is 9.99. The second kappa shape index (κ2) is 5.13. The summed E-state index contributed by atoms with van der Waals surface area (Å²) >= 11 is 0. The summed E-state index contributed by atoms with van der Waals surface area (Å²) < 4.78 is 5.72. The van der Waals surface area contributed by atoms with Crippen LogP contribution in [0.3, 0.4) is 0 Å². The van der Waals surface area contributed by atoms with Crippen LogP contribution >= 0.6 is 0 Å². The summed E-state index contributed by atoms with van der Waals surface area (Å²) in [5.41, 5.74) is 10.2. The van der Waals surface area contributed by atoms with Gasteiger partial charge in [-0.05, 0) is 55.7 Å². The molecule has 2 heteroatoms. The fraction of sp³-hybridized carbons (Fsp3) is 0.250. The summed E-state index contributed by atoms with van der Waals surface area (Å²) in [7, 11) is 0. The first-order chi connectivity index (χ1) is 8.58. The largest absolute Gasteiger partial charge is 0.491 e. The van der Waals surface area contributed by atoms with Crippen molar-refractivity contribution in [2.24, 2.45) is 0 Å². The van der Waals surface area contributed by atoms with E-state index in [0.717, 1.165) is 28.1 Å². The van der Waals surface area contributed by atoms with E-state index in [1.807, 2.05) is 45.0 Å². The van der Waals surface area contributed by atoms with E-state index in [2.05, 4.69) is 18.2 Å². The Hall–Kier alpha value is -1.96. The van der Waals surface area contributed by atoms with Crippen LogP contribution in [0.1, 0.15) is 19.4 Å². The first kappa shape index (κ1) is 12.5. The van der Waals surface area contributed by atoms with Crippen molar-refractivity contribution in [1.82, 2.24) is 0 Å². The maximum Gasteiger partial charge on any atom is 0.120 e. The minimum atomic E-state index is 0.183. The molecular weight excluding hydrogens is 222 g/mol. The lowest BCUT2D eigenvalue weighted by molar-refractivity contribution is 0.242. The third-order valence-corrected chi connectivity index (χ3v) is 2.89. The van der Waals surface area contributed by atoms with E-state index in [1.165, 1.54) is 0 Å². The van der Waals surface area contributed by atoms with Gasteiger partial charge >= 0.3 is 0 Å². The summed E-state index contributed by atoms with van der Waals surface area (Å²) in [5, 5.41) is 0. The molecule has 0 spiro atoms. The maximum atomic E-state index is 5.95. The van der Waals surface area contributed by atoms with E-state index in [4.69, 9.17) is 10.5 Å². The molecule has 0 fully saturated rings. The predicted molar refractivity (Wildman–Crippen MR) is 76.8 cm³/mol. The molecular formula is C16H19NO. The van der Waals surface area contributed by atoms with Crippen LogP contribution in [0.4, 0.5) is 5.69 Å². The van der Waals surface area contributed by atoms with Gasteiger partial charge in [0.1, 0.15) is 5.75 Å². The average Bonchev–Trinajstić information content (AvgIpc) is 2.32. The third kappa shape index (κ3) is 2.65. The van der Waals surface area contributed by atoms with Crippen molar-refractivity contribution < 1.29 is 4.74 Å². The standard InChI is InChI=1S/C16H19NO/c1-11(2)18-14-7-4-6-13(10-14)15-8-5-9-16(17)12(15)3/h4-11H,17H2,1-3H3. The molecule has 0 aliphatic carbocycles. The van der Waals surface area contributed by atoms with E-state index >= 15 is 0 Å². The summed E-state index contributed by atoms with van der Waals surface area (Å²) in [6, 6.07) is 14.1. The zero-order valence-electron chi connectivity index (χ0n) is 11.1. The molecule has 0 saturated heterocycles. The second-order valence-corrected chi connectivity index (χ2v) is 4.71. The minimum Gasteiger partial charge on any atom is -0.491 e. The molecule has 2 aromatic carbocycles. The van der Waals surface area contributed by atoms with Gasteiger partial charge in [0.05, 0.1) is 6.10 Å². The number of nitrogen functional groups attached to an aromatic ring is 1. The number of rotatable bonds is 3. The molecule has 2 aromatic rings. The van der Waals surface area contributed by atoms with Crippen LogP contribution in [-0.2, 0) is 0 Å². The Balaban J connectivity index is 2.41. The van der Waals surface area contributed by atoms with Crippen molar-refractivity contribution in [2.75, 3.05) is 5.73 Å². The van der Waals surface area contributed by atoms with E-state index in [0.29, 0.717) is 0 Å². The highest BCUT2D eigenvalue weighted by molar-refractivity contribution is 5.73. The van der Waals surface area contributed by atoms with Crippen LogP contribution in [0.15, 0.2) is 42.5 Å². The minimum absolute atomic E-state index is 0.183. The smallest absolute Gasteiger partial charge is 0.120 e. The van der Waals surface area contributed by atoms with Crippen molar-refractivity contribution >= 4 is 5.69 Å². The molecule has 0 aliphatic rings. The van der Waals surface area contributed by atoms with Gasteiger partial charge < -0.3 is 10.5 Å². The van der Waals surface area contributed by atoms with E-state index in [1.54, 1.807) is 0 Å². The van der Waals surface area contributed by atoms with Crippen molar-refractivity contribution in [1.29, 1.82) is 0 Å². The topological polar surface area (TPSA) is 35.2 Å². The zero-order chi connectivity index (χ0) is 13.1. The molecule has 94 valence electrons. The van der Waals surface area contributed by atoms with Crippen molar-refractivity contribution in [2.45, 2.75) is 26.9 Å². The van der Waals surface area contributed by atoms with Gasteiger partial charge in [0.15, 0.2) is 0 Å². The van der Waals surface area contributed by atoms with Crippen LogP contribution in [0.5, 0.6) is 5.75 Å². The SMILES string of the molecule is Cc1c(N)cccc1-c1cccc(OC(C)C)c1. The molecule has 0 saturated carbocycles. The Kier molecular flexibility index (Phi) is 3.56. The van der Waals surface area contributed by atoms with Crippen LogP contribution in [-0.4, -0.2) is 6.10 Å². The van der Waals surface area contributed by atoms with Crippen molar-refractivity contribution in [3.05, 3.63) is 48.0 Å². The Morgan fingerprint density at radius 2 is 1.78 bits per heavy atom. The van der Waals surface area contributed by atoms with Crippen molar-refractivity contribution in [3.8, 4) is 16.9 Å². The quantitative estimate of drug-likeness (QED) is 0.823. The molecule has 0 radical (unpaired) electrons. The van der Waals surface area contributed by atoms with Crippen LogP contribution < -0.4 is 10.5 Å². The van der Waals surface area contributed by atoms with Gasteiger partial charge in [0, 0.05) is 5.69 Å². The Bertz CT molecular complexity index is 547. The first-order valence-corrected chi connectivity index (χ1v) is 6.20. The van der Waals surface area contributed by atoms with E-state index in [-0.39, 0.29) is 6.10 Å². The van der Waals surface area contributed by atoms with Crippen LogP contribution in [0, 0.1) is 6.92 Å².